The van der Waals surface area contributed by atoms with E-state index in [0.29, 0.717) is 0 Å². The molecule has 24 heavy (non-hydrogen) atoms. The molecular weight excluding hydrogens is 329 g/mol. The van der Waals surface area contributed by atoms with E-state index >= 15 is 0 Å². The Bertz CT molecular complexity index is 768. The molecule has 128 valence electrons. The zero-order chi connectivity index (χ0) is 18.2. The van der Waals surface area contributed by atoms with E-state index < -0.39 is 34.6 Å². The average molecular weight is 342 g/mol. The number of rotatable bonds is 3. The average Bonchev–Trinajstić information content (AvgIpc) is 2.44. The summed E-state index contributed by atoms with van der Waals surface area (Å²) in [4.78, 5) is 26.1. The molecule has 0 fully saturated rings. The summed E-state index contributed by atoms with van der Waals surface area (Å²) in [7, 11) is 0. The zero-order valence-electron chi connectivity index (χ0n) is 12.7. The lowest BCUT2D eigenvalue weighted by Crippen LogP contribution is -2.39. The summed E-state index contributed by atoms with van der Waals surface area (Å²) in [6.07, 6.45) is -4.64. The molecule has 2 unspecified atom stereocenters. The van der Waals surface area contributed by atoms with Crippen molar-refractivity contribution in [1.29, 1.82) is 0 Å². The van der Waals surface area contributed by atoms with Crippen LogP contribution in [-0.2, 0) is 11.0 Å². The Morgan fingerprint density at radius 2 is 1.96 bits per heavy atom. The van der Waals surface area contributed by atoms with Gasteiger partial charge in [-0.25, -0.2) is 4.79 Å². The van der Waals surface area contributed by atoms with Crippen LogP contribution in [0.15, 0.2) is 40.5 Å². The number of aliphatic carboxylic acids is 1. The maximum atomic E-state index is 12.9. The number of halogens is 3. The van der Waals surface area contributed by atoms with Gasteiger partial charge in [0.2, 0.25) is 0 Å². The van der Waals surface area contributed by atoms with Crippen molar-refractivity contribution in [2.45, 2.75) is 32.0 Å². The molecule has 0 amide bonds. The molecule has 1 aliphatic heterocycles. The third-order valence-corrected chi connectivity index (χ3v) is 3.82. The second kappa shape index (κ2) is 6.06. The highest BCUT2D eigenvalue weighted by molar-refractivity contribution is 5.97. The fraction of sp³-hybridized carbons (Fsp3) is 0.333. The molecule has 0 saturated carbocycles. The number of carboxylic acid groups (broad SMARTS) is 1. The quantitative estimate of drug-likeness (QED) is 0.674. The summed E-state index contributed by atoms with van der Waals surface area (Å²) in [5.41, 5.74) is -1.37. The maximum absolute atomic E-state index is 12.9. The van der Waals surface area contributed by atoms with Gasteiger partial charge < -0.3 is 5.11 Å². The number of hydrogen-bond acceptors (Lipinski definition) is 4. The van der Waals surface area contributed by atoms with E-state index in [4.69, 9.17) is 0 Å². The molecule has 1 aromatic rings. The summed E-state index contributed by atoms with van der Waals surface area (Å²) in [6, 6.07) is 2.39. The van der Waals surface area contributed by atoms with Gasteiger partial charge in [-0.15, -0.1) is 0 Å². The van der Waals surface area contributed by atoms with Gasteiger partial charge in [0.05, 0.1) is 22.8 Å². The van der Waals surface area contributed by atoms with Crippen molar-refractivity contribution in [2.24, 2.45) is 4.99 Å². The highest BCUT2D eigenvalue weighted by Crippen LogP contribution is 2.38. The van der Waals surface area contributed by atoms with Crippen molar-refractivity contribution in [3.05, 3.63) is 56.8 Å². The normalized spacial score (nSPS) is 21.5. The van der Waals surface area contributed by atoms with Gasteiger partial charge in [-0.1, -0.05) is 18.2 Å². The number of nitrogens with zero attached hydrogens (tertiary/aromatic N) is 2. The zero-order valence-corrected chi connectivity index (χ0v) is 12.7. The number of hydrogen-bond donors (Lipinski definition) is 1. The monoisotopic (exact) mass is 342 g/mol. The van der Waals surface area contributed by atoms with Crippen LogP contribution in [0.5, 0.6) is 0 Å². The van der Waals surface area contributed by atoms with Crippen LogP contribution in [0.1, 0.15) is 30.9 Å². The number of carbonyl (C=O) groups is 1. The summed E-state index contributed by atoms with van der Waals surface area (Å²) >= 11 is 0. The Balaban J connectivity index is 2.69. The van der Waals surface area contributed by atoms with Gasteiger partial charge in [0.15, 0.2) is 0 Å². The summed E-state index contributed by atoms with van der Waals surface area (Å²) < 4.78 is 38.7. The minimum absolute atomic E-state index is 0.0421. The van der Waals surface area contributed by atoms with Crippen molar-refractivity contribution in [1.82, 2.24) is 0 Å². The second-order valence-corrected chi connectivity index (χ2v) is 5.39. The predicted molar refractivity (Wildman–Crippen MR) is 78.4 cm³/mol. The van der Waals surface area contributed by atoms with Crippen LogP contribution in [0.25, 0.3) is 0 Å². The first kappa shape index (κ1) is 17.6. The van der Waals surface area contributed by atoms with Crippen molar-refractivity contribution in [3.63, 3.8) is 0 Å². The minimum Gasteiger partial charge on any atom is -0.478 e. The van der Waals surface area contributed by atoms with E-state index in [0.717, 1.165) is 18.2 Å². The number of aliphatic imine (C=N–C) groups is 1. The summed E-state index contributed by atoms with van der Waals surface area (Å²) in [5.74, 6) is -2.80. The van der Waals surface area contributed by atoms with Gasteiger partial charge in [-0.2, -0.15) is 13.2 Å². The molecule has 0 bridgehead atoms. The molecular formula is C15H13F3N2O4. The van der Waals surface area contributed by atoms with Crippen LogP contribution < -0.4 is 0 Å². The van der Waals surface area contributed by atoms with Gasteiger partial charge >= 0.3 is 12.1 Å². The molecule has 2 rings (SSSR count). The summed E-state index contributed by atoms with van der Waals surface area (Å²) in [6.45, 7) is 2.72. The van der Waals surface area contributed by atoms with Crippen molar-refractivity contribution < 1.29 is 28.0 Å². The molecule has 2 atom stereocenters. The van der Waals surface area contributed by atoms with E-state index in [9.17, 15) is 33.2 Å². The van der Waals surface area contributed by atoms with Crippen molar-refractivity contribution in [3.8, 4) is 0 Å². The Morgan fingerprint density at radius 3 is 2.46 bits per heavy atom. The summed E-state index contributed by atoms with van der Waals surface area (Å²) in [5, 5.41) is 20.8. The van der Waals surface area contributed by atoms with E-state index in [1.807, 2.05) is 0 Å². The van der Waals surface area contributed by atoms with Crippen LogP contribution >= 0.6 is 0 Å². The maximum Gasteiger partial charge on any atom is 0.416 e. The van der Waals surface area contributed by atoms with Gasteiger partial charge in [0, 0.05) is 10.6 Å². The number of carboxylic acids is 1. The standard InChI is InChI=1S/C15H13F3N2O4/c1-7-11(14(21)22)12(13(20(23)24)8(2)19-7)9-4-3-5-10(6-9)15(16,17)18/h3-6,12-13H,1-2H3,(H,21,22). The highest BCUT2D eigenvalue weighted by atomic mass is 19.4. The van der Waals surface area contributed by atoms with Gasteiger partial charge in [-0.3, -0.25) is 15.1 Å². The minimum atomic E-state index is -4.64. The first-order chi connectivity index (χ1) is 11.0. The van der Waals surface area contributed by atoms with Gasteiger partial charge in [-0.05, 0) is 25.5 Å². The molecule has 0 spiro atoms. The van der Waals surface area contributed by atoms with Crippen molar-refractivity contribution >= 4 is 11.7 Å². The molecule has 1 N–H and O–H groups in total. The number of allylic oxidation sites excluding steroid dienone is 1. The molecule has 9 heteroatoms. The molecule has 0 saturated heterocycles. The molecule has 1 aliphatic rings. The third kappa shape index (κ3) is 3.15. The highest BCUT2D eigenvalue weighted by Gasteiger charge is 2.45. The molecule has 0 aliphatic carbocycles. The Labute approximate surface area is 134 Å². The van der Waals surface area contributed by atoms with E-state index in [1.54, 1.807) is 0 Å². The lowest BCUT2D eigenvalue weighted by molar-refractivity contribution is -0.505. The largest absolute Gasteiger partial charge is 0.478 e. The lowest BCUT2D eigenvalue weighted by atomic mass is 9.80. The van der Waals surface area contributed by atoms with Crippen LogP contribution in [0.2, 0.25) is 0 Å². The van der Waals surface area contributed by atoms with Gasteiger partial charge in [0.25, 0.3) is 6.04 Å². The number of benzene rings is 1. The fourth-order valence-corrected chi connectivity index (χ4v) is 2.83. The molecule has 6 nitrogen and oxygen atoms in total. The van der Waals surface area contributed by atoms with Gasteiger partial charge in [0.1, 0.15) is 0 Å². The van der Waals surface area contributed by atoms with E-state index in [2.05, 4.69) is 4.99 Å². The van der Waals surface area contributed by atoms with Crippen LogP contribution in [0.4, 0.5) is 13.2 Å². The SMILES string of the molecule is CC1=NC(C)=C(C(=O)O)C(c2cccc(C(F)(F)F)c2)C1[N+](=O)[O-]. The second-order valence-electron chi connectivity index (χ2n) is 5.39. The number of alkyl halides is 3. The predicted octanol–water partition coefficient (Wildman–Crippen LogP) is 3.27. The van der Waals surface area contributed by atoms with Crippen LogP contribution in [0.3, 0.4) is 0 Å². The molecule has 0 aromatic heterocycles. The third-order valence-electron chi connectivity index (χ3n) is 3.82. The molecule has 1 aromatic carbocycles. The Hall–Kier alpha value is -2.71. The fourth-order valence-electron chi connectivity index (χ4n) is 2.83. The lowest BCUT2D eigenvalue weighted by Gasteiger charge is -2.27. The first-order valence-corrected chi connectivity index (χ1v) is 6.84. The number of nitro groups is 1. The Morgan fingerprint density at radius 1 is 1.33 bits per heavy atom. The van der Waals surface area contributed by atoms with Crippen LogP contribution in [-0.4, -0.2) is 27.8 Å². The topological polar surface area (TPSA) is 92.8 Å². The van der Waals surface area contributed by atoms with E-state index in [1.165, 1.54) is 19.9 Å². The van der Waals surface area contributed by atoms with Crippen molar-refractivity contribution in [2.75, 3.05) is 0 Å². The Kier molecular flexibility index (Phi) is 4.46. The molecule has 0 radical (unpaired) electrons. The van der Waals surface area contributed by atoms with E-state index in [-0.39, 0.29) is 22.5 Å². The molecule has 1 heterocycles. The first-order valence-electron chi connectivity index (χ1n) is 6.84. The smallest absolute Gasteiger partial charge is 0.416 e. The van der Waals surface area contributed by atoms with Crippen LogP contribution in [0, 0.1) is 10.1 Å².